The molecular weight excluding hydrogens is 248 g/mol. The molecule has 0 radical (unpaired) electrons. The van der Waals surface area contributed by atoms with Crippen LogP contribution in [-0.2, 0) is 6.42 Å². The molecule has 0 aromatic heterocycles. The summed E-state index contributed by atoms with van der Waals surface area (Å²) in [6, 6.07) is 16.9. The molecule has 2 heteroatoms. The lowest BCUT2D eigenvalue weighted by Crippen LogP contribution is -1.91. The molecule has 0 aliphatic carbocycles. The van der Waals surface area contributed by atoms with Crippen molar-refractivity contribution in [2.24, 2.45) is 0 Å². The largest absolute Gasteiger partial charge is 0.298 e. The molecule has 0 bridgehead atoms. The van der Waals surface area contributed by atoms with Crippen LogP contribution in [0, 0.1) is 0 Å². The molecular formula is C18H20O2. The zero-order chi connectivity index (χ0) is 14.6. The van der Waals surface area contributed by atoms with Gasteiger partial charge in [0.1, 0.15) is 12.6 Å². The monoisotopic (exact) mass is 268 g/mol. The summed E-state index contributed by atoms with van der Waals surface area (Å²) in [7, 11) is 0. The van der Waals surface area contributed by atoms with Crippen molar-refractivity contribution in [1.82, 2.24) is 0 Å². The maximum absolute atomic E-state index is 10.6. The van der Waals surface area contributed by atoms with Crippen molar-refractivity contribution in [3.05, 3.63) is 71.3 Å². The third-order valence-corrected chi connectivity index (χ3v) is 2.92. The predicted octanol–water partition coefficient (Wildman–Crippen LogP) is 4.34. The van der Waals surface area contributed by atoms with Crippen LogP contribution in [0.15, 0.2) is 54.6 Å². The van der Waals surface area contributed by atoms with Gasteiger partial charge < -0.3 is 0 Å². The molecule has 2 aromatic rings. The second-order valence-electron chi connectivity index (χ2n) is 4.45. The van der Waals surface area contributed by atoms with E-state index in [2.05, 4.69) is 6.92 Å². The third-order valence-electron chi connectivity index (χ3n) is 2.92. The molecule has 0 spiro atoms. The van der Waals surface area contributed by atoms with Gasteiger partial charge in [-0.15, -0.1) is 0 Å². The maximum atomic E-state index is 10.6. The minimum absolute atomic E-state index is 0.729. The predicted molar refractivity (Wildman–Crippen MR) is 82.3 cm³/mol. The van der Waals surface area contributed by atoms with Gasteiger partial charge in [-0.2, -0.15) is 0 Å². The van der Waals surface area contributed by atoms with E-state index in [1.165, 1.54) is 12.0 Å². The van der Waals surface area contributed by atoms with Crippen LogP contribution in [0.1, 0.15) is 46.0 Å². The van der Waals surface area contributed by atoms with Gasteiger partial charge in [0.2, 0.25) is 0 Å². The number of rotatable bonds is 5. The fourth-order valence-electron chi connectivity index (χ4n) is 1.78. The summed E-state index contributed by atoms with van der Waals surface area (Å²) in [6.07, 6.45) is 5.12. The normalized spacial score (nSPS) is 9.25. The lowest BCUT2D eigenvalue weighted by atomic mass is 10.0. The minimum Gasteiger partial charge on any atom is -0.298 e. The molecule has 0 fully saturated rings. The Hall–Kier alpha value is -2.22. The average molecular weight is 268 g/mol. The van der Waals surface area contributed by atoms with Gasteiger partial charge in [0.25, 0.3) is 0 Å². The summed E-state index contributed by atoms with van der Waals surface area (Å²) >= 11 is 0. The molecule has 0 N–H and O–H groups in total. The van der Waals surface area contributed by atoms with Crippen LogP contribution >= 0.6 is 0 Å². The minimum atomic E-state index is 0.729. The van der Waals surface area contributed by atoms with Crippen LogP contribution in [0.2, 0.25) is 0 Å². The van der Waals surface area contributed by atoms with Crippen molar-refractivity contribution in [1.29, 1.82) is 0 Å². The molecule has 0 saturated carbocycles. The number of unbranched alkanes of at least 4 members (excludes halogenated alkanes) is 1. The first-order valence-electron chi connectivity index (χ1n) is 6.85. The highest BCUT2D eigenvalue weighted by Gasteiger charge is 1.98. The van der Waals surface area contributed by atoms with Crippen LogP contribution in [0.25, 0.3) is 0 Å². The van der Waals surface area contributed by atoms with E-state index in [4.69, 9.17) is 0 Å². The highest BCUT2D eigenvalue weighted by atomic mass is 16.1. The van der Waals surface area contributed by atoms with E-state index in [-0.39, 0.29) is 0 Å². The second kappa shape index (κ2) is 9.68. The Labute approximate surface area is 120 Å². The number of hydrogen-bond donors (Lipinski definition) is 0. The SMILES string of the molecule is CCCCc1ccccc1C=O.O=Cc1ccccc1. The quantitative estimate of drug-likeness (QED) is 0.756. The summed E-state index contributed by atoms with van der Waals surface area (Å²) < 4.78 is 0. The Kier molecular flexibility index (Phi) is 7.66. The van der Waals surface area contributed by atoms with E-state index in [9.17, 15) is 9.59 Å². The Balaban J connectivity index is 0.000000217. The topological polar surface area (TPSA) is 34.1 Å². The Morgan fingerprint density at radius 2 is 1.50 bits per heavy atom. The number of aldehydes is 2. The fourth-order valence-corrected chi connectivity index (χ4v) is 1.78. The van der Waals surface area contributed by atoms with Crippen molar-refractivity contribution in [3.8, 4) is 0 Å². The van der Waals surface area contributed by atoms with E-state index in [0.717, 1.165) is 36.5 Å². The molecule has 2 aromatic carbocycles. The summed E-state index contributed by atoms with van der Waals surface area (Å²) in [4.78, 5) is 20.6. The highest BCUT2D eigenvalue weighted by molar-refractivity contribution is 5.77. The van der Waals surface area contributed by atoms with Gasteiger partial charge in [-0.1, -0.05) is 67.9 Å². The van der Waals surface area contributed by atoms with Crippen molar-refractivity contribution < 1.29 is 9.59 Å². The van der Waals surface area contributed by atoms with Gasteiger partial charge in [-0.3, -0.25) is 9.59 Å². The third kappa shape index (κ3) is 5.61. The van der Waals surface area contributed by atoms with Gasteiger partial charge in [0.15, 0.2) is 0 Å². The van der Waals surface area contributed by atoms with Crippen LogP contribution in [-0.4, -0.2) is 12.6 Å². The van der Waals surface area contributed by atoms with Crippen LogP contribution in [0.5, 0.6) is 0 Å². The smallest absolute Gasteiger partial charge is 0.150 e. The molecule has 0 saturated heterocycles. The molecule has 20 heavy (non-hydrogen) atoms. The standard InChI is InChI=1S/C11H14O.C7H6O/c1-2-3-6-10-7-4-5-8-11(10)9-12;8-6-7-4-2-1-3-5-7/h4-5,7-9H,2-3,6H2,1H3;1-6H. The first kappa shape index (κ1) is 15.8. The van der Waals surface area contributed by atoms with Gasteiger partial charge in [-0.05, 0) is 18.4 Å². The number of aryl methyl sites for hydroxylation is 1. The zero-order valence-electron chi connectivity index (χ0n) is 11.8. The van der Waals surface area contributed by atoms with Crippen molar-refractivity contribution in [2.75, 3.05) is 0 Å². The van der Waals surface area contributed by atoms with E-state index in [0.29, 0.717) is 0 Å². The maximum Gasteiger partial charge on any atom is 0.150 e. The summed E-state index contributed by atoms with van der Waals surface area (Å²) in [5.41, 5.74) is 2.74. The molecule has 0 amide bonds. The lowest BCUT2D eigenvalue weighted by Gasteiger charge is -2.01. The molecule has 104 valence electrons. The van der Waals surface area contributed by atoms with Crippen LogP contribution < -0.4 is 0 Å². The second-order valence-corrected chi connectivity index (χ2v) is 4.45. The lowest BCUT2D eigenvalue weighted by molar-refractivity contribution is 0.111. The van der Waals surface area contributed by atoms with E-state index >= 15 is 0 Å². The fraction of sp³-hybridized carbons (Fsp3) is 0.222. The van der Waals surface area contributed by atoms with E-state index in [1.807, 2.05) is 42.5 Å². The Morgan fingerprint density at radius 1 is 0.850 bits per heavy atom. The van der Waals surface area contributed by atoms with Crippen LogP contribution in [0.4, 0.5) is 0 Å². The summed E-state index contributed by atoms with van der Waals surface area (Å²) in [6.45, 7) is 2.16. The van der Waals surface area contributed by atoms with Gasteiger partial charge in [0, 0.05) is 11.1 Å². The van der Waals surface area contributed by atoms with E-state index < -0.39 is 0 Å². The Bertz CT molecular complexity index is 518. The van der Waals surface area contributed by atoms with E-state index in [1.54, 1.807) is 12.1 Å². The number of hydrogen-bond acceptors (Lipinski definition) is 2. The molecule has 0 heterocycles. The number of benzene rings is 2. The van der Waals surface area contributed by atoms with Crippen LogP contribution in [0.3, 0.4) is 0 Å². The van der Waals surface area contributed by atoms with Crippen molar-refractivity contribution in [3.63, 3.8) is 0 Å². The molecule has 2 rings (SSSR count). The summed E-state index contributed by atoms with van der Waals surface area (Å²) in [5.74, 6) is 0. The molecule has 0 aliphatic heterocycles. The highest BCUT2D eigenvalue weighted by Crippen LogP contribution is 2.09. The number of carbonyl (C=O) groups is 2. The first-order valence-corrected chi connectivity index (χ1v) is 6.85. The van der Waals surface area contributed by atoms with Gasteiger partial charge in [0.05, 0.1) is 0 Å². The van der Waals surface area contributed by atoms with Gasteiger partial charge in [-0.25, -0.2) is 0 Å². The molecule has 2 nitrogen and oxygen atoms in total. The van der Waals surface area contributed by atoms with Crippen molar-refractivity contribution >= 4 is 12.6 Å². The molecule has 0 aliphatic rings. The van der Waals surface area contributed by atoms with Gasteiger partial charge >= 0.3 is 0 Å². The Morgan fingerprint density at radius 3 is 2.05 bits per heavy atom. The number of carbonyl (C=O) groups excluding carboxylic acids is 2. The average Bonchev–Trinajstić information content (AvgIpc) is 2.54. The first-order chi connectivity index (χ1) is 9.81. The zero-order valence-corrected chi connectivity index (χ0v) is 11.8. The van der Waals surface area contributed by atoms with Crippen molar-refractivity contribution in [2.45, 2.75) is 26.2 Å². The molecule has 0 unspecified atom stereocenters. The molecule has 0 atom stereocenters. The summed E-state index contributed by atoms with van der Waals surface area (Å²) in [5, 5.41) is 0.